The van der Waals surface area contributed by atoms with Gasteiger partial charge < -0.3 is 5.32 Å². The number of amides is 2. The molecule has 0 spiro atoms. The second kappa shape index (κ2) is 6.90. The lowest BCUT2D eigenvalue weighted by molar-refractivity contribution is -0.167. The molecule has 0 saturated heterocycles. The van der Waals surface area contributed by atoms with Crippen molar-refractivity contribution in [2.75, 3.05) is 4.90 Å². The van der Waals surface area contributed by atoms with Gasteiger partial charge in [0, 0.05) is 5.70 Å². The fraction of sp³-hybridized carbons (Fsp3) is 0.200. The number of aryl methyl sites for hydroxylation is 1. The van der Waals surface area contributed by atoms with Gasteiger partial charge in [-0.1, -0.05) is 48.0 Å². The van der Waals surface area contributed by atoms with E-state index in [1.807, 2.05) is 6.92 Å². The number of benzene rings is 2. The van der Waals surface area contributed by atoms with E-state index in [0.717, 1.165) is 10.5 Å². The number of ketones is 1. The predicted molar refractivity (Wildman–Crippen MR) is 95.1 cm³/mol. The molecule has 1 aliphatic rings. The van der Waals surface area contributed by atoms with Gasteiger partial charge >= 0.3 is 12.2 Å². The van der Waals surface area contributed by atoms with Gasteiger partial charge in [-0.2, -0.15) is 13.2 Å². The summed E-state index contributed by atoms with van der Waals surface area (Å²) >= 11 is 0. The monoisotopic (exact) mass is 374 g/mol. The molecule has 1 heterocycles. The van der Waals surface area contributed by atoms with Gasteiger partial charge in [0.1, 0.15) is 0 Å². The fourth-order valence-corrected chi connectivity index (χ4v) is 3.09. The van der Waals surface area contributed by atoms with Crippen molar-refractivity contribution in [1.29, 1.82) is 0 Å². The smallest absolute Gasteiger partial charge is 0.326 e. The second-order valence-corrected chi connectivity index (χ2v) is 6.29. The molecule has 0 fully saturated rings. The highest BCUT2D eigenvalue weighted by molar-refractivity contribution is 6.07. The van der Waals surface area contributed by atoms with Crippen molar-refractivity contribution in [2.24, 2.45) is 0 Å². The Morgan fingerprint density at radius 3 is 2.15 bits per heavy atom. The van der Waals surface area contributed by atoms with Crippen molar-refractivity contribution in [3.05, 3.63) is 77.0 Å². The first kappa shape index (κ1) is 18.7. The highest BCUT2D eigenvalue weighted by atomic mass is 19.4. The molecule has 1 aliphatic heterocycles. The van der Waals surface area contributed by atoms with Crippen molar-refractivity contribution in [3.8, 4) is 0 Å². The standard InChI is InChI=1S/C20H17F3N2O2/c1-12-8-10-15(11-9-12)25-13(2)16(18(26)20(21,22)23)17(24-19(25)27)14-6-4-3-5-7-14/h3-11,17H,1-2H3,(H,24,27). The van der Waals surface area contributed by atoms with Crippen LogP contribution in [0.25, 0.3) is 0 Å². The minimum atomic E-state index is -5.05. The topological polar surface area (TPSA) is 49.4 Å². The summed E-state index contributed by atoms with van der Waals surface area (Å²) in [7, 11) is 0. The van der Waals surface area contributed by atoms with E-state index in [0.29, 0.717) is 11.3 Å². The lowest BCUT2D eigenvalue weighted by Crippen LogP contribution is -2.49. The number of halogens is 3. The molecule has 4 nitrogen and oxygen atoms in total. The number of urea groups is 1. The molecule has 27 heavy (non-hydrogen) atoms. The van der Waals surface area contributed by atoms with E-state index < -0.39 is 29.6 Å². The summed E-state index contributed by atoms with van der Waals surface area (Å²) in [5.41, 5.74) is 1.19. The average molecular weight is 374 g/mol. The number of nitrogens with zero attached hydrogens (tertiary/aromatic N) is 1. The Labute approximate surface area is 154 Å². The molecule has 2 aromatic carbocycles. The van der Waals surface area contributed by atoms with Crippen LogP contribution in [0.15, 0.2) is 65.9 Å². The summed E-state index contributed by atoms with van der Waals surface area (Å²) in [5.74, 6) is -1.97. The van der Waals surface area contributed by atoms with E-state index >= 15 is 0 Å². The first-order valence-corrected chi connectivity index (χ1v) is 8.24. The molecule has 0 aromatic heterocycles. The lowest BCUT2D eigenvalue weighted by Gasteiger charge is -2.36. The maximum Gasteiger partial charge on any atom is 0.454 e. The normalized spacial score (nSPS) is 17.7. The minimum Gasteiger partial charge on any atom is -0.326 e. The van der Waals surface area contributed by atoms with E-state index in [2.05, 4.69) is 5.32 Å². The van der Waals surface area contributed by atoms with Crippen LogP contribution in [-0.2, 0) is 4.79 Å². The van der Waals surface area contributed by atoms with Crippen molar-refractivity contribution >= 4 is 17.5 Å². The third-order valence-electron chi connectivity index (χ3n) is 4.41. The Morgan fingerprint density at radius 1 is 1.00 bits per heavy atom. The van der Waals surface area contributed by atoms with Gasteiger partial charge in [0.15, 0.2) is 0 Å². The quantitative estimate of drug-likeness (QED) is 0.849. The Balaban J connectivity index is 2.17. The van der Waals surface area contributed by atoms with Crippen molar-refractivity contribution in [1.82, 2.24) is 5.32 Å². The van der Waals surface area contributed by atoms with E-state index in [1.54, 1.807) is 54.6 Å². The van der Waals surface area contributed by atoms with E-state index in [9.17, 15) is 22.8 Å². The van der Waals surface area contributed by atoms with Crippen LogP contribution in [0.5, 0.6) is 0 Å². The van der Waals surface area contributed by atoms with Crippen LogP contribution in [-0.4, -0.2) is 18.0 Å². The minimum absolute atomic E-state index is 0.0428. The van der Waals surface area contributed by atoms with Gasteiger partial charge in [-0.15, -0.1) is 0 Å². The number of allylic oxidation sites excluding steroid dienone is 1. The fourth-order valence-electron chi connectivity index (χ4n) is 3.09. The zero-order valence-corrected chi connectivity index (χ0v) is 14.7. The molecule has 0 aliphatic carbocycles. The van der Waals surface area contributed by atoms with Gasteiger partial charge in [-0.05, 0) is 31.5 Å². The second-order valence-electron chi connectivity index (χ2n) is 6.29. The van der Waals surface area contributed by atoms with Crippen LogP contribution in [0.4, 0.5) is 23.7 Å². The van der Waals surface area contributed by atoms with Gasteiger partial charge in [-0.3, -0.25) is 9.69 Å². The predicted octanol–water partition coefficient (Wildman–Crippen LogP) is 4.67. The maximum atomic E-state index is 13.3. The number of carbonyl (C=O) groups excluding carboxylic acids is 2. The average Bonchev–Trinajstić information content (AvgIpc) is 2.62. The number of carbonyl (C=O) groups is 2. The maximum absolute atomic E-state index is 13.3. The zero-order chi connectivity index (χ0) is 19.8. The summed E-state index contributed by atoms with van der Waals surface area (Å²) in [4.78, 5) is 26.0. The van der Waals surface area contributed by atoms with Crippen LogP contribution >= 0.6 is 0 Å². The molecule has 2 amide bonds. The third kappa shape index (κ3) is 3.58. The molecule has 0 saturated carbocycles. The Hall–Kier alpha value is -3.09. The molecule has 7 heteroatoms. The molecule has 1 N–H and O–H groups in total. The molecule has 0 bridgehead atoms. The summed E-state index contributed by atoms with van der Waals surface area (Å²) in [6.45, 7) is 3.21. The lowest BCUT2D eigenvalue weighted by atomic mass is 9.91. The Kier molecular flexibility index (Phi) is 4.78. The highest BCUT2D eigenvalue weighted by Crippen LogP contribution is 2.37. The van der Waals surface area contributed by atoms with Crippen LogP contribution in [0.1, 0.15) is 24.1 Å². The third-order valence-corrected chi connectivity index (χ3v) is 4.41. The number of Topliss-reactive ketones (excluding diaryl/α,β-unsaturated/α-hetero) is 1. The Morgan fingerprint density at radius 2 is 1.59 bits per heavy atom. The molecule has 3 rings (SSSR count). The van der Waals surface area contributed by atoms with Gasteiger partial charge in [-0.25, -0.2) is 4.79 Å². The Bertz CT molecular complexity index is 903. The first-order valence-electron chi connectivity index (χ1n) is 8.24. The van der Waals surface area contributed by atoms with Crippen LogP contribution < -0.4 is 10.2 Å². The number of nitrogens with one attached hydrogen (secondary N) is 1. The number of hydrogen-bond donors (Lipinski definition) is 1. The molecule has 1 unspecified atom stereocenters. The molecule has 1 atom stereocenters. The van der Waals surface area contributed by atoms with Gasteiger partial charge in [0.05, 0.1) is 17.3 Å². The number of rotatable bonds is 3. The summed E-state index contributed by atoms with van der Waals surface area (Å²) < 4.78 is 39.8. The van der Waals surface area contributed by atoms with Crippen molar-refractivity contribution in [2.45, 2.75) is 26.1 Å². The van der Waals surface area contributed by atoms with Crippen LogP contribution in [0.3, 0.4) is 0 Å². The van der Waals surface area contributed by atoms with Crippen molar-refractivity contribution < 1.29 is 22.8 Å². The number of anilines is 1. The van der Waals surface area contributed by atoms with E-state index in [1.165, 1.54) is 6.92 Å². The summed E-state index contributed by atoms with van der Waals surface area (Å²) in [6.07, 6.45) is -5.05. The van der Waals surface area contributed by atoms with Crippen LogP contribution in [0.2, 0.25) is 0 Å². The van der Waals surface area contributed by atoms with Crippen molar-refractivity contribution in [3.63, 3.8) is 0 Å². The SMILES string of the molecule is CC1=C(C(=O)C(F)(F)F)C(c2ccccc2)NC(=O)N1c1ccc(C)cc1. The molecular weight excluding hydrogens is 357 g/mol. The number of hydrogen-bond acceptors (Lipinski definition) is 2. The number of alkyl halides is 3. The summed E-state index contributed by atoms with van der Waals surface area (Å²) in [6, 6.07) is 13.1. The van der Waals surface area contributed by atoms with E-state index in [4.69, 9.17) is 0 Å². The molecule has 2 aromatic rings. The summed E-state index contributed by atoms with van der Waals surface area (Å²) in [5, 5.41) is 2.54. The van der Waals surface area contributed by atoms with Gasteiger partial charge in [0.2, 0.25) is 0 Å². The first-order chi connectivity index (χ1) is 12.7. The molecule has 140 valence electrons. The highest BCUT2D eigenvalue weighted by Gasteiger charge is 2.47. The van der Waals surface area contributed by atoms with E-state index in [-0.39, 0.29) is 5.70 Å². The zero-order valence-electron chi connectivity index (χ0n) is 14.7. The largest absolute Gasteiger partial charge is 0.454 e. The van der Waals surface area contributed by atoms with Crippen LogP contribution in [0, 0.1) is 6.92 Å². The van der Waals surface area contributed by atoms with Gasteiger partial charge in [0.25, 0.3) is 5.78 Å². The molecule has 0 radical (unpaired) electrons. The molecular formula is C20H17F3N2O2.